The van der Waals surface area contributed by atoms with Gasteiger partial charge in [0.1, 0.15) is 24.7 Å². The Morgan fingerprint density at radius 1 is 1.00 bits per heavy atom. The predicted octanol–water partition coefficient (Wildman–Crippen LogP) is -2.54. The first-order chi connectivity index (χ1) is 17.1. The summed E-state index contributed by atoms with van der Waals surface area (Å²) in [6.07, 6.45) is -0.467. The van der Waals surface area contributed by atoms with E-state index in [-0.39, 0.29) is 31.1 Å². The standard InChI is InChI=1S/C21H28N6O8S/c1-9-6-26(20(32)24-17(9)30)15-3-11(14(8-28)35-15)23-19(36)22-5-13-12(29)4-16(34-13)27-7-10(2)18(31)25-21(27)33/h6-7,11-16,28-29H,3-5,8H2,1-2H3,(H2,22,23,36)(H,24,30,32)(H,25,31,33)/t11-,12-,13+,14+,15+,16+/m0/s1. The molecule has 6 atom stereocenters. The largest absolute Gasteiger partial charge is 0.394 e. The molecule has 4 rings (SSSR count). The quantitative estimate of drug-likeness (QED) is 0.218. The molecule has 2 fully saturated rings. The van der Waals surface area contributed by atoms with Crippen LogP contribution >= 0.6 is 12.2 Å². The summed E-state index contributed by atoms with van der Waals surface area (Å²) in [7, 11) is 0. The van der Waals surface area contributed by atoms with Crippen LogP contribution in [0.1, 0.15) is 36.4 Å². The van der Waals surface area contributed by atoms with E-state index >= 15 is 0 Å². The summed E-state index contributed by atoms with van der Waals surface area (Å²) >= 11 is 5.35. The monoisotopic (exact) mass is 524 g/mol. The lowest BCUT2D eigenvalue weighted by Gasteiger charge is -2.22. The van der Waals surface area contributed by atoms with E-state index in [4.69, 9.17) is 21.7 Å². The molecule has 0 aliphatic carbocycles. The summed E-state index contributed by atoms with van der Waals surface area (Å²) in [5.41, 5.74) is -1.52. The molecule has 0 saturated carbocycles. The molecule has 2 aliphatic heterocycles. The van der Waals surface area contributed by atoms with Crippen molar-refractivity contribution in [3.8, 4) is 0 Å². The Morgan fingerprint density at radius 2 is 1.53 bits per heavy atom. The average molecular weight is 525 g/mol. The van der Waals surface area contributed by atoms with Crippen LogP contribution in [-0.4, -0.2) is 71.9 Å². The summed E-state index contributed by atoms with van der Waals surface area (Å²) in [6, 6.07) is -0.441. The van der Waals surface area contributed by atoms with Gasteiger partial charge in [-0.25, -0.2) is 9.59 Å². The summed E-state index contributed by atoms with van der Waals surface area (Å²) in [4.78, 5) is 52.0. The highest BCUT2D eigenvalue weighted by atomic mass is 32.1. The van der Waals surface area contributed by atoms with Crippen LogP contribution in [0, 0.1) is 13.8 Å². The molecule has 0 bridgehead atoms. The average Bonchev–Trinajstić information content (AvgIpc) is 3.40. The molecule has 2 aromatic rings. The van der Waals surface area contributed by atoms with Gasteiger partial charge in [0.05, 0.1) is 18.8 Å². The summed E-state index contributed by atoms with van der Waals surface area (Å²) in [5.74, 6) is 0. The molecule has 0 radical (unpaired) electrons. The number of nitrogens with one attached hydrogen (secondary N) is 4. The van der Waals surface area contributed by atoms with Crippen molar-refractivity contribution in [2.75, 3.05) is 13.2 Å². The molecule has 14 nitrogen and oxygen atoms in total. The Bertz CT molecular complexity index is 1370. The van der Waals surface area contributed by atoms with Gasteiger partial charge in [-0.2, -0.15) is 0 Å². The molecule has 36 heavy (non-hydrogen) atoms. The van der Waals surface area contributed by atoms with Gasteiger partial charge in [0, 0.05) is 42.9 Å². The number of aromatic amines is 2. The van der Waals surface area contributed by atoms with E-state index in [9.17, 15) is 29.4 Å². The fourth-order valence-electron chi connectivity index (χ4n) is 4.30. The Hall–Kier alpha value is -3.11. The van der Waals surface area contributed by atoms with Crippen molar-refractivity contribution in [3.05, 3.63) is 65.2 Å². The number of nitrogens with zero attached hydrogens (tertiary/aromatic N) is 2. The van der Waals surface area contributed by atoms with Gasteiger partial charge in [0.25, 0.3) is 11.1 Å². The van der Waals surface area contributed by atoms with Crippen molar-refractivity contribution in [1.82, 2.24) is 29.7 Å². The third-order valence-electron chi connectivity index (χ3n) is 6.31. The molecular weight excluding hydrogens is 496 g/mol. The molecule has 0 spiro atoms. The summed E-state index contributed by atoms with van der Waals surface area (Å²) in [5, 5.41) is 26.4. The van der Waals surface area contributed by atoms with Crippen molar-refractivity contribution >= 4 is 17.3 Å². The minimum Gasteiger partial charge on any atom is -0.394 e. The lowest BCUT2D eigenvalue weighted by Crippen LogP contribution is -2.49. The summed E-state index contributed by atoms with van der Waals surface area (Å²) in [6.45, 7) is 2.93. The van der Waals surface area contributed by atoms with E-state index in [0.29, 0.717) is 11.1 Å². The maximum absolute atomic E-state index is 12.2. The summed E-state index contributed by atoms with van der Waals surface area (Å²) < 4.78 is 14.1. The fourth-order valence-corrected chi connectivity index (χ4v) is 4.54. The number of aromatic nitrogens is 4. The zero-order chi connectivity index (χ0) is 26.1. The van der Waals surface area contributed by atoms with Crippen molar-refractivity contribution in [1.29, 1.82) is 0 Å². The SMILES string of the molecule is Cc1cn([C@H]2C[C@H](NC(=S)NC[C@H]3O[C@@H](n4cc(C)c(=O)[nH]c4=O)C[C@@H]3O)[C@@H](CO)O2)c(=O)[nH]c1=O. The second kappa shape index (κ2) is 10.5. The van der Waals surface area contributed by atoms with Gasteiger partial charge in [-0.1, -0.05) is 0 Å². The van der Waals surface area contributed by atoms with E-state index in [1.54, 1.807) is 13.8 Å². The number of hydrogen-bond acceptors (Lipinski definition) is 9. The van der Waals surface area contributed by atoms with Crippen LogP contribution in [-0.2, 0) is 9.47 Å². The van der Waals surface area contributed by atoms with Gasteiger partial charge in [0.2, 0.25) is 0 Å². The molecule has 196 valence electrons. The van der Waals surface area contributed by atoms with Crippen molar-refractivity contribution < 1.29 is 19.7 Å². The first-order valence-electron chi connectivity index (χ1n) is 11.4. The molecule has 0 aromatic carbocycles. The molecular formula is C21H28N6O8S. The predicted molar refractivity (Wildman–Crippen MR) is 130 cm³/mol. The zero-order valence-corrected chi connectivity index (χ0v) is 20.4. The van der Waals surface area contributed by atoms with Crippen molar-refractivity contribution in [3.63, 3.8) is 0 Å². The van der Waals surface area contributed by atoms with Crippen molar-refractivity contribution in [2.45, 2.75) is 63.5 Å². The van der Waals surface area contributed by atoms with Crippen LogP contribution in [0.25, 0.3) is 0 Å². The molecule has 0 amide bonds. The zero-order valence-electron chi connectivity index (χ0n) is 19.6. The molecule has 2 saturated heterocycles. The Balaban J connectivity index is 1.35. The number of thiocarbonyl (C=S) groups is 1. The van der Waals surface area contributed by atoms with Crippen LogP contribution < -0.4 is 33.1 Å². The minimum atomic E-state index is -0.885. The Morgan fingerprint density at radius 3 is 2.08 bits per heavy atom. The minimum absolute atomic E-state index is 0.125. The van der Waals surface area contributed by atoms with Gasteiger partial charge >= 0.3 is 11.4 Å². The first kappa shape index (κ1) is 26.0. The van der Waals surface area contributed by atoms with Gasteiger partial charge in [-0.3, -0.25) is 28.7 Å². The van der Waals surface area contributed by atoms with E-state index in [1.165, 1.54) is 21.5 Å². The van der Waals surface area contributed by atoms with Gasteiger partial charge in [0.15, 0.2) is 5.11 Å². The number of aliphatic hydroxyl groups is 2. The van der Waals surface area contributed by atoms with E-state index in [2.05, 4.69) is 20.6 Å². The highest BCUT2D eigenvalue weighted by Gasteiger charge is 2.38. The second-order valence-electron chi connectivity index (χ2n) is 8.90. The highest BCUT2D eigenvalue weighted by Crippen LogP contribution is 2.28. The maximum Gasteiger partial charge on any atom is 0.330 e. The molecule has 0 unspecified atom stereocenters. The van der Waals surface area contributed by atoms with E-state index < -0.39 is 59.3 Å². The number of H-pyrrole nitrogens is 2. The third kappa shape index (κ3) is 5.34. The lowest BCUT2D eigenvalue weighted by atomic mass is 10.1. The molecule has 15 heteroatoms. The topological polar surface area (TPSA) is 193 Å². The van der Waals surface area contributed by atoms with Crippen LogP contribution in [0.3, 0.4) is 0 Å². The van der Waals surface area contributed by atoms with Crippen LogP contribution in [0.5, 0.6) is 0 Å². The van der Waals surface area contributed by atoms with Crippen LogP contribution in [0.4, 0.5) is 0 Å². The molecule has 4 heterocycles. The van der Waals surface area contributed by atoms with Crippen LogP contribution in [0.2, 0.25) is 0 Å². The Labute approximate surface area is 208 Å². The first-order valence-corrected chi connectivity index (χ1v) is 11.8. The normalized spacial score (nSPS) is 27.8. The molecule has 2 aliphatic rings. The second-order valence-corrected chi connectivity index (χ2v) is 9.31. The lowest BCUT2D eigenvalue weighted by molar-refractivity contribution is -0.0282. The number of ether oxygens (including phenoxy) is 2. The van der Waals surface area contributed by atoms with E-state index in [0.717, 1.165) is 0 Å². The highest BCUT2D eigenvalue weighted by molar-refractivity contribution is 7.80. The van der Waals surface area contributed by atoms with Gasteiger partial charge in [-0.05, 0) is 26.1 Å². The van der Waals surface area contributed by atoms with Gasteiger partial charge in [-0.15, -0.1) is 0 Å². The number of aliphatic hydroxyl groups excluding tert-OH is 2. The molecule has 2 aromatic heterocycles. The van der Waals surface area contributed by atoms with Crippen LogP contribution in [0.15, 0.2) is 31.6 Å². The molecule has 6 N–H and O–H groups in total. The number of hydrogen-bond donors (Lipinski definition) is 6. The smallest absolute Gasteiger partial charge is 0.330 e. The Kier molecular flexibility index (Phi) is 7.56. The maximum atomic E-state index is 12.2. The number of rotatable bonds is 6. The fraction of sp³-hybridized carbons (Fsp3) is 0.571. The number of aryl methyl sites for hydroxylation is 2. The van der Waals surface area contributed by atoms with E-state index in [1.807, 2.05) is 0 Å². The third-order valence-corrected chi connectivity index (χ3v) is 6.58. The van der Waals surface area contributed by atoms with Crippen molar-refractivity contribution in [2.24, 2.45) is 0 Å². The van der Waals surface area contributed by atoms with Gasteiger partial charge < -0.3 is 30.3 Å².